The molecule has 0 unspecified atom stereocenters. The Bertz CT molecular complexity index is 743. The van der Waals surface area contributed by atoms with Gasteiger partial charge in [0.25, 0.3) is 5.22 Å². The predicted molar refractivity (Wildman–Crippen MR) is 104 cm³/mol. The molecule has 1 heterocycles. The van der Waals surface area contributed by atoms with Gasteiger partial charge in [0.05, 0.1) is 5.25 Å². The van der Waals surface area contributed by atoms with Gasteiger partial charge in [-0.25, -0.2) is 0 Å². The molecule has 0 radical (unpaired) electrons. The van der Waals surface area contributed by atoms with Crippen LogP contribution in [0.4, 0.5) is 0 Å². The van der Waals surface area contributed by atoms with E-state index >= 15 is 0 Å². The number of hydrogen-bond donors (Lipinski definition) is 1. The second kappa shape index (κ2) is 7.82. The van der Waals surface area contributed by atoms with Crippen LogP contribution in [0, 0.1) is 0 Å². The maximum Gasteiger partial charge on any atom is 0.277 e. The lowest BCUT2D eigenvalue weighted by molar-refractivity contribution is -0.120. The molecule has 0 aliphatic heterocycles. The molecule has 140 valence electrons. The van der Waals surface area contributed by atoms with Crippen LogP contribution in [-0.2, 0) is 10.2 Å². The van der Waals surface area contributed by atoms with E-state index in [0.29, 0.717) is 17.2 Å². The SMILES string of the molecule is C[C@H](Sc1nnc(-c2ccc(C(C)(C)C)cc2)o1)C(=O)NC1CCCC1. The fraction of sp³-hybridized carbons (Fsp3) is 0.550. The van der Waals surface area contributed by atoms with Crippen molar-refractivity contribution in [2.24, 2.45) is 0 Å². The fourth-order valence-electron chi connectivity index (χ4n) is 3.08. The molecule has 1 fully saturated rings. The maximum atomic E-state index is 12.3. The largest absolute Gasteiger partial charge is 0.411 e. The number of benzene rings is 1. The van der Waals surface area contributed by atoms with E-state index in [2.05, 4.69) is 48.4 Å². The molecule has 1 aromatic carbocycles. The van der Waals surface area contributed by atoms with Gasteiger partial charge in [-0.2, -0.15) is 0 Å². The van der Waals surface area contributed by atoms with Crippen molar-refractivity contribution in [1.29, 1.82) is 0 Å². The number of carbonyl (C=O) groups is 1. The molecule has 1 N–H and O–H groups in total. The molecule has 3 rings (SSSR count). The van der Waals surface area contributed by atoms with Gasteiger partial charge in [0.15, 0.2) is 0 Å². The van der Waals surface area contributed by atoms with Gasteiger partial charge in [-0.15, -0.1) is 10.2 Å². The normalized spacial score (nSPS) is 16.6. The highest BCUT2D eigenvalue weighted by molar-refractivity contribution is 8.00. The fourth-order valence-corrected chi connectivity index (χ4v) is 3.77. The number of nitrogens with zero attached hydrogens (tertiary/aromatic N) is 2. The van der Waals surface area contributed by atoms with Gasteiger partial charge in [-0.05, 0) is 42.9 Å². The molecule has 1 atom stereocenters. The molecular formula is C20H27N3O2S. The molecule has 5 nitrogen and oxygen atoms in total. The second-order valence-electron chi connectivity index (χ2n) is 7.95. The van der Waals surface area contributed by atoms with Crippen LogP contribution in [0.5, 0.6) is 0 Å². The molecule has 0 bridgehead atoms. The summed E-state index contributed by atoms with van der Waals surface area (Å²) in [6.07, 6.45) is 4.57. The van der Waals surface area contributed by atoms with Crippen LogP contribution in [0.15, 0.2) is 33.9 Å². The Kier molecular flexibility index (Phi) is 5.70. The molecular weight excluding hydrogens is 346 g/mol. The van der Waals surface area contributed by atoms with E-state index in [-0.39, 0.29) is 16.6 Å². The summed E-state index contributed by atoms with van der Waals surface area (Å²) in [5.41, 5.74) is 2.25. The van der Waals surface area contributed by atoms with E-state index < -0.39 is 0 Å². The highest BCUT2D eigenvalue weighted by Gasteiger charge is 2.23. The van der Waals surface area contributed by atoms with E-state index in [1.54, 1.807) is 0 Å². The van der Waals surface area contributed by atoms with Crippen molar-refractivity contribution >= 4 is 17.7 Å². The quantitative estimate of drug-likeness (QED) is 0.777. The van der Waals surface area contributed by atoms with Crippen LogP contribution in [0.3, 0.4) is 0 Å². The minimum Gasteiger partial charge on any atom is -0.411 e. The minimum absolute atomic E-state index is 0.0381. The van der Waals surface area contributed by atoms with Crippen molar-refractivity contribution in [2.75, 3.05) is 0 Å². The molecule has 26 heavy (non-hydrogen) atoms. The van der Waals surface area contributed by atoms with Crippen molar-refractivity contribution < 1.29 is 9.21 Å². The van der Waals surface area contributed by atoms with E-state index in [4.69, 9.17) is 4.42 Å². The van der Waals surface area contributed by atoms with Crippen molar-refractivity contribution in [3.63, 3.8) is 0 Å². The molecule has 6 heteroatoms. The van der Waals surface area contributed by atoms with Gasteiger partial charge in [-0.3, -0.25) is 4.79 Å². The molecule has 1 aliphatic rings. The zero-order valence-corrected chi connectivity index (χ0v) is 16.7. The number of amides is 1. The summed E-state index contributed by atoms with van der Waals surface area (Å²) >= 11 is 1.31. The standard InChI is InChI=1S/C20H27N3O2S/c1-13(17(24)21-16-7-5-6-8-16)26-19-23-22-18(25-19)14-9-11-15(12-10-14)20(2,3)4/h9-13,16H,5-8H2,1-4H3,(H,21,24)/t13-/m0/s1. The van der Waals surface area contributed by atoms with Gasteiger partial charge in [0.1, 0.15) is 0 Å². The second-order valence-corrected chi connectivity index (χ2v) is 9.24. The molecule has 2 aromatic rings. The summed E-state index contributed by atoms with van der Waals surface area (Å²) < 4.78 is 5.75. The lowest BCUT2D eigenvalue weighted by Crippen LogP contribution is -2.37. The third kappa shape index (κ3) is 4.67. The monoisotopic (exact) mass is 373 g/mol. The highest BCUT2D eigenvalue weighted by Crippen LogP contribution is 2.29. The first-order chi connectivity index (χ1) is 12.3. The third-order valence-corrected chi connectivity index (χ3v) is 5.69. The Labute approximate surface area is 159 Å². The third-order valence-electron chi connectivity index (χ3n) is 4.75. The van der Waals surface area contributed by atoms with Crippen LogP contribution < -0.4 is 5.32 Å². The minimum atomic E-state index is -0.257. The van der Waals surface area contributed by atoms with E-state index in [0.717, 1.165) is 18.4 Å². The van der Waals surface area contributed by atoms with Gasteiger partial charge < -0.3 is 9.73 Å². The van der Waals surface area contributed by atoms with Gasteiger partial charge in [0.2, 0.25) is 11.8 Å². The lowest BCUT2D eigenvalue weighted by atomic mass is 9.87. The summed E-state index contributed by atoms with van der Waals surface area (Å²) in [5, 5.41) is 11.5. The summed E-state index contributed by atoms with van der Waals surface area (Å²) in [5.74, 6) is 0.521. The molecule has 0 spiro atoms. The van der Waals surface area contributed by atoms with Gasteiger partial charge in [0, 0.05) is 11.6 Å². The molecule has 1 aromatic heterocycles. The lowest BCUT2D eigenvalue weighted by Gasteiger charge is -2.18. The highest BCUT2D eigenvalue weighted by atomic mass is 32.2. The van der Waals surface area contributed by atoms with Crippen LogP contribution in [0.1, 0.15) is 58.9 Å². The summed E-state index contributed by atoms with van der Waals surface area (Å²) in [6, 6.07) is 8.50. The first-order valence-corrected chi connectivity index (χ1v) is 10.1. The van der Waals surface area contributed by atoms with Crippen molar-refractivity contribution in [1.82, 2.24) is 15.5 Å². The first kappa shape index (κ1) is 19.0. The number of thioether (sulfide) groups is 1. The molecule has 1 saturated carbocycles. The predicted octanol–water partition coefficient (Wildman–Crippen LogP) is 4.57. The van der Waals surface area contributed by atoms with E-state index in [1.807, 2.05) is 19.1 Å². The van der Waals surface area contributed by atoms with Crippen molar-refractivity contribution in [3.8, 4) is 11.5 Å². The Morgan fingerprint density at radius 3 is 2.46 bits per heavy atom. The molecule has 1 aliphatic carbocycles. The Hall–Kier alpha value is -1.82. The summed E-state index contributed by atoms with van der Waals surface area (Å²) in [7, 11) is 0. The summed E-state index contributed by atoms with van der Waals surface area (Å²) in [6.45, 7) is 8.42. The number of carbonyl (C=O) groups excluding carboxylic acids is 1. The number of nitrogens with one attached hydrogen (secondary N) is 1. The molecule has 1 amide bonds. The average Bonchev–Trinajstić information content (AvgIpc) is 3.26. The molecule has 0 saturated heterocycles. The Morgan fingerprint density at radius 2 is 1.85 bits per heavy atom. The number of hydrogen-bond acceptors (Lipinski definition) is 5. The average molecular weight is 374 g/mol. The zero-order valence-electron chi connectivity index (χ0n) is 15.9. The first-order valence-electron chi connectivity index (χ1n) is 9.24. The van der Waals surface area contributed by atoms with Crippen LogP contribution >= 0.6 is 11.8 Å². The van der Waals surface area contributed by atoms with Crippen LogP contribution in [-0.4, -0.2) is 27.4 Å². The smallest absolute Gasteiger partial charge is 0.277 e. The van der Waals surface area contributed by atoms with E-state index in [1.165, 1.54) is 30.2 Å². The van der Waals surface area contributed by atoms with Crippen molar-refractivity contribution in [3.05, 3.63) is 29.8 Å². The number of rotatable bonds is 5. The Balaban J connectivity index is 1.61. The summed E-state index contributed by atoms with van der Waals surface area (Å²) in [4.78, 5) is 12.3. The van der Waals surface area contributed by atoms with Gasteiger partial charge in [-0.1, -0.05) is 57.5 Å². The van der Waals surface area contributed by atoms with Crippen LogP contribution in [0.2, 0.25) is 0 Å². The maximum absolute atomic E-state index is 12.3. The topological polar surface area (TPSA) is 68.0 Å². The van der Waals surface area contributed by atoms with E-state index in [9.17, 15) is 4.79 Å². The number of aromatic nitrogens is 2. The van der Waals surface area contributed by atoms with Gasteiger partial charge >= 0.3 is 0 Å². The Morgan fingerprint density at radius 1 is 1.19 bits per heavy atom. The zero-order chi connectivity index (χ0) is 18.7. The van der Waals surface area contributed by atoms with Crippen LogP contribution in [0.25, 0.3) is 11.5 Å². The van der Waals surface area contributed by atoms with Crippen molar-refractivity contribution in [2.45, 2.75) is 75.3 Å².